The minimum atomic E-state index is -0.0864. The van der Waals surface area contributed by atoms with E-state index in [1.807, 2.05) is 12.1 Å². The van der Waals surface area contributed by atoms with Crippen LogP contribution in [0.4, 0.5) is 4.39 Å². The molecule has 1 aromatic rings. The lowest BCUT2D eigenvalue weighted by molar-refractivity contribution is 0.258. The molecule has 0 aliphatic rings. The zero-order valence-corrected chi connectivity index (χ0v) is 11.4. The van der Waals surface area contributed by atoms with Gasteiger partial charge < -0.3 is 5.32 Å². The Morgan fingerprint density at radius 1 is 1.24 bits per heavy atom. The smallest absolute Gasteiger partial charge is 0.126 e. The second-order valence-corrected chi connectivity index (χ2v) is 5.61. The monoisotopic (exact) mass is 237 g/mol. The number of hydrogen-bond acceptors (Lipinski definition) is 1. The molecule has 0 aliphatic carbocycles. The summed E-state index contributed by atoms with van der Waals surface area (Å²) in [6.07, 6.45) is 1.76. The van der Waals surface area contributed by atoms with Gasteiger partial charge >= 0.3 is 0 Å². The molecular weight excluding hydrogens is 213 g/mol. The fourth-order valence-electron chi connectivity index (χ4n) is 2.09. The van der Waals surface area contributed by atoms with Gasteiger partial charge in [-0.3, -0.25) is 0 Å². The van der Waals surface area contributed by atoms with Crippen LogP contribution in [0.5, 0.6) is 0 Å². The number of benzene rings is 1. The molecule has 0 aliphatic heterocycles. The van der Waals surface area contributed by atoms with Crippen LogP contribution < -0.4 is 5.32 Å². The van der Waals surface area contributed by atoms with Gasteiger partial charge in [0.2, 0.25) is 0 Å². The second-order valence-electron chi connectivity index (χ2n) is 5.61. The fraction of sp³-hybridized carbons (Fsp3) is 0.600. The third-order valence-corrected chi connectivity index (χ3v) is 3.16. The minimum Gasteiger partial charge on any atom is -0.314 e. The Morgan fingerprint density at radius 3 is 2.41 bits per heavy atom. The predicted molar refractivity (Wildman–Crippen MR) is 71.6 cm³/mol. The Kier molecular flexibility index (Phi) is 5.13. The molecule has 0 radical (unpaired) electrons. The molecule has 1 nitrogen and oxygen atoms in total. The highest BCUT2D eigenvalue weighted by molar-refractivity contribution is 5.17. The van der Waals surface area contributed by atoms with Crippen LogP contribution in [0.1, 0.15) is 39.7 Å². The highest BCUT2D eigenvalue weighted by Crippen LogP contribution is 2.23. The molecule has 0 bridgehead atoms. The maximum atomic E-state index is 13.5. The first-order valence-electron chi connectivity index (χ1n) is 6.42. The van der Waals surface area contributed by atoms with E-state index in [0.717, 1.165) is 24.9 Å². The van der Waals surface area contributed by atoms with Gasteiger partial charge in [-0.15, -0.1) is 0 Å². The van der Waals surface area contributed by atoms with E-state index in [1.165, 1.54) is 6.07 Å². The van der Waals surface area contributed by atoms with Crippen LogP contribution in [0.2, 0.25) is 0 Å². The molecular formula is C15H24FN. The van der Waals surface area contributed by atoms with Crippen molar-refractivity contribution in [2.75, 3.05) is 6.54 Å². The summed E-state index contributed by atoms with van der Waals surface area (Å²) in [6.45, 7) is 9.74. The van der Waals surface area contributed by atoms with Crippen molar-refractivity contribution in [3.05, 3.63) is 35.6 Å². The molecule has 2 heteroatoms. The topological polar surface area (TPSA) is 12.0 Å². The average molecular weight is 237 g/mol. The van der Waals surface area contributed by atoms with E-state index in [-0.39, 0.29) is 11.2 Å². The van der Waals surface area contributed by atoms with E-state index in [9.17, 15) is 4.39 Å². The van der Waals surface area contributed by atoms with Crippen LogP contribution in [0.3, 0.4) is 0 Å². The molecule has 0 heterocycles. The number of hydrogen-bond donors (Lipinski definition) is 1. The Balaban J connectivity index is 2.61. The molecule has 0 spiro atoms. The van der Waals surface area contributed by atoms with Crippen molar-refractivity contribution in [3.63, 3.8) is 0 Å². The Labute approximate surface area is 104 Å². The summed E-state index contributed by atoms with van der Waals surface area (Å²) in [5, 5.41) is 3.49. The number of rotatable bonds is 5. The quantitative estimate of drug-likeness (QED) is 0.821. The molecule has 96 valence electrons. The van der Waals surface area contributed by atoms with Gasteiger partial charge in [-0.05, 0) is 36.4 Å². The minimum absolute atomic E-state index is 0.0864. The zero-order valence-electron chi connectivity index (χ0n) is 11.4. The molecule has 1 unspecified atom stereocenters. The highest BCUT2D eigenvalue weighted by Gasteiger charge is 2.23. The van der Waals surface area contributed by atoms with Crippen LogP contribution in [-0.2, 0) is 6.42 Å². The van der Waals surface area contributed by atoms with Crippen molar-refractivity contribution in [2.45, 2.75) is 46.6 Å². The molecule has 1 N–H and O–H groups in total. The van der Waals surface area contributed by atoms with Gasteiger partial charge in [0.25, 0.3) is 0 Å². The van der Waals surface area contributed by atoms with Crippen LogP contribution in [0.25, 0.3) is 0 Å². The van der Waals surface area contributed by atoms with Crippen molar-refractivity contribution in [2.24, 2.45) is 5.41 Å². The van der Waals surface area contributed by atoms with E-state index >= 15 is 0 Å². The average Bonchev–Trinajstić information content (AvgIpc) is 2.24. The van der Waals surface area contributed by atoms with Gasteiger partial charge in [-0.2, -0.15) is 0 Å². The van der Waals surface area contributed by atoms with E-state index in [2.05, 4.69) is 33.0 Å². The SMILES string of the molecule is CCNC(CCc1ccccc1F)C(C)(C)C. The van der Waals surface area contributed by atoms with Crippen LogP contribution >= 0.6 is 0 Å². The lowest BCUT2D eigenvalue weighted by Crippen LogP contribution is -2.40. The van der Waals surface area contributed by atoms with E-state index < -0.39 is 0 Å². The molecule has 0 aromatic heterocycles. The maximum absolute atomic E-state index is 13.5. The molecule has 0 fully saturated rings. The van der Waals surface area contributed by atoms with Crippen molar-refractivity contribution in [1.29, 1.82) is 0 Å². The van der Waals surface area contributed by atoms with Crippen molar-refractivity contribution < 1.29 is 4.39 Å². The third-order valence-electron chi connectivity index (χ3n) is 3.16. The van der Waals surface area contributed by atoms with Crippen molar-refractivity contribution in [3.8, 4) is 0 Å². The van der Waals surface area contributed by atoms with Gasteiger partial charge in [-0.1, -0.05) is 45.9 Å². The van der Waals surface area contributed by atoms with Crippen LogP contribution in [0.15, 0.2) is 24.3 Å². The Bertz CT molecular complexity index is 341. The number of halogens is 1. The summed E-state index contributed by atoms with van der Waals surface area (Å²) in [4.78, 5) is 0. The third kappa shape index (κ3) is 4.47. The fourth-order valence-corrected chi connectivity index (χ4v) is 2.09. The Morgan fingerprint density at radius 2 is 1.88 bits per heavy atom. The Hall–Kier alpha value is -0.890. The van der Waals surface area contributed by atoms with Crippen molar-refractivity contribution >= 4 is 0 Å². The second kappa shape index (κ2) is 6.15. The molecule has 1 aromatic carbocycles. The predicted octanol–water partition coefficient (Wildman–Crippen LogP) is 3.78. The van der Waals surface area contributed by atoms with Gasteiger partial charge in [0, 0.05) is 6.04 Å². The van der Waals surface area contributed by atoms with E-state index in [0.29, 0.717) is 6.04 Å². The van der Waals surface area contributed by atoms with E-state index in [1.54, 1.807) is 6.07 Å². The highest BCUT2D eigenvalue weighted by atomic mass is 19.1. The van der Waals surface area contributed by atoms with Gasteiger partial charge in [0.1, 0.15) is 5.82 Å². The van der Waals surface area contributed by atoms with E-state index in [4.69, 9.17) is 0 Å². The summed E-state index contributed by atoms with van der Waals surface area (Å²) >= 11 is 0. The van der Waals surface area contributed by atoms with Crippen LogP contribution in [0, 0.1) is 11.2 Å². The zero-order chi connectivity index (χ0) is 12.9. The summed E-state index contributed by atoms with van der Waals surface area (Å²) < 4.78 is 13.5. The molecule has 0 saturated heterocycles. The standard InChI is InChI=1S/C15H24FN/c1-5-17-14(15(2,3)4)11-10-12-8-6-7-9-13(12)16/h6-9,14,17H,5,10-11H2,1-4H3. The largest absolute Gasteiger partial charge is 0.314 e. The molecule has 0 amide bonds. The number of nitrogens with one attached hydrogen (secondary N) is 1. The molecule has 1 rings (SSSR count). The summed E-state index contributed by atoms with van der Waals surface area (Å²) in [7, 11) is 0. The summed E-state index contributed by atoms with van der Waals surface area (Å²) in [5.74, 6) is -0.0864. The lowest BCUT2D eigenvalue weighted by Gasteiger charge is -2.31. The van der Waals surface area contributed by atoms with Gasteiger partial charge in [-0.25, -0.2) is 4.39 Å². The first-order valence-corrected chi connectivity index (χ1v) is 6.42. The van der Waals surface area contributed by atoms with Crippen molar-refractivity contribution in [1.82, 2.24) is 5.32 Å². The molecule has 1 atom stereocenters. The van der Waals surface area contributed by atoms with Gasteiger partial charge in [0.05, 0.1) is 0 Å². The first kappa shape index (κ1) is 14.2. The number of aryl methyl sites for hydroxylation is 1. The summed E-state index contributed by atoms with van der Waals surface area (Å²) in [5.41, 5.74) is 1.03. The maximum Gasteiger partial charge on any atom is 0.126 e. The summed E-state index contributed by atoms with van der Waals surface area (Å²) in [6, 6.07) is 7.48. The first-order chi connectivity index (χ1) is 7.95. The van der Waals surface area contributed by atoms with Crippen LogP contribution in [-0.4, -0.2) is 12.6 Å². The lowest BCUT2D eigenvalue weighted by atomic mass is 9.83. The van der Waals surface area contributed by atoms with Gasteiger partial charge in [0.15, 0.2) is 0 Å². The normalized spacial score (nSPS) is 13.7. The molecule has 0 saturated carbocycles. The molecule has 17 heavy (non-hydrogen) atoms.